The minimum Gasteiger partial charge on any atom is -0.456 e. The number of nitrogens with zero attached hydrogens (tertiary/aromatic N) is 1. The Labute approximate surface area is 101 Å². The zero-order chi connectivity index (χ0) is 12.3. The Kier molecular flexibility index (Phi) is 3.40. The fraction of sp³-hybridized carbons (Fsp3) is 0.214. The molecule has 3 nitrogen and oxygen atoms in total. The molecule has 1 heterocycles. The van der Waals surface area contributed by atoms with Crippen molar-refractivity contribution in [1.82, 2.24) is 4.98 Å². The van der Waals surface area contributed by atoms with Crippen LogP contribution < -0.4 is 10.5 Å². The zero-order valence-electron chi connectivity index (χ0n) is 10.1. The molecule has 0 amide bonds. The second kappa shape index (κ2) is 4.97. The number of aromatic nitrogens is 1. The summed E-state index contributed by atoms with van der Waals surface area (Å²) in [6.45, 7) is 4.55. The summed E-state index contributed by atoms with van der Waals surface area (Å²) < 4.78 is 5.74. The fourth-order valence-electron chi connectivity index (χ4n) is 1.72. The van der Waals surface area contributed by atoms with Crippen molar-refractivity contribution < 1.29 is 4.74 Å². The average molecular weight is 228 g/mol. The predicted molar refractivity (Wildman–Crippen MR) is 68.1 cm³/mol. The summed E-state index contributed by atoms with van der Waals surface area (Å²) >= 11 is 0. The summed E-state index contributed by atoms with van der Waals surface area (Å²) in [6, 6.07) is 9.88. The molecule has 0 aliphatic heterocycles. The number of hydrogen-bond donors (Lipinski definition) is 1. The van der Waals surface area contributed by atoms with Crippen molar-refractivity contribution in [2.24, 2.45) is 5.73 Å². The summed E-state index contributed by atoms with van der Waals surface area (Å²) in [7, 11) is 0. The molecule has 0 aliphatic carbocycles. The lowest BCUT2D eigenvalue weighted by atomic mass is 10.1. The third kappa shape index (κ3) is 3.04. The molecule has 0 bridgehead atoms. The molecule has 2 aromatic rings. The standard InChI is InChI=1S/C14H16N2O/c1-10-5-11(2)7-14(6-10)17-13-4-3-12(8-15)16-9-13/h3-7,9H,8,15H2,1-2H3. The van der Waals surface area contributed by atoms with Crippen LogP contribution in [0, 0.1) is 13.8 Å². The lowest BCUT2D eigenvalue weighted by Gasteiger charge is -2.07. The van der Waals surface area contributed by atoms with Crippen LogP contribution in [0.2, 0.25) is 0 Å². The quantitative estimate of drug-likeness (QED) is 0.878. The van der Waals surface area contributed by atoms with Crippen LogP contribution in [0.5, 0.6) is 11.5 Å². The van der Waals surface area contributed by atoms with Gasteiger partial charge in [-0.1, -0.05) is 6.07 Å². The smallest absolute Gasteiger partial charge is 0.145 e. The van der Waals surface area contributed by atoms with E-state index in [0.717, 1.165) is 17.2 Å². The van der Waals surface area contributed by atoms with Gasteiger partial charge >= 0.3 is 0 Å². The molecule has 88 valence electrons. The molecule has 0 atom stereocenters. The Morgan fingerprint density at radius 1 is 1.06 bits per heavy atom. The highest BCUT2D eigenvalue weighted by molar-refractivity contribution is 5.36. The predicted octanol–water partition coefficient (Wildman–Crippen LogP) is 2.95. The normalized spacial score (nSPS) is 10.3. The number of ether oxygens (including phenoxy) is 1. The third-order valence-electron chi connectivity index (χ3n) is 2.44. The summed E-state index contributed by atoms with van der Waals surface area (Å²) in [6.07, 6.45) is 1.69. The summed E-state index contributed by atoms with van der Waals surface area (Å²) in [5.41, 5.74) is 8.72. The van der Waals surface area contributed by atoms with Gasteiger partial charge in [0, 0.05) is 6.54 Å². The van der Waals surface area contributed by atoms with Gasteiger partial charge in [0.05, 0.1) is 11.9 Å². The molecule has 17 heavy (non-hydrogen) atoms. The van der Waals surface area contributed by atoms with Crippen molar-refractivity contribution in [3.05, 3.63) is 53.3 Å². The molecule has 2 rings (SSSR count). The van der Waals surface area contributed by atoms with E-state index in [4.69, 9.17) is 10.5 Å². The van der Waals surface area contributed by atoms with Gasteiger partial charge < -0.3 is 10.5 Å². The van der Waals surface area contributed by atoms with Gasteiger partial charge in [0.25, 0.3) is 0 Å². The van der Waals surface area contributed by atoms with Crippen molar-refractivity contribution in [2.75, 3.05) is 0 Å². The van der Waals surface area contributed by atoms with E-state index in [1.54, 1.807) is 6.20 Å². The summed E-state index contributed by atoms with van der Waals surface area (Å²) in [5, 5.41) is 0. The van der Waals surface area contributed by atoms with E-state index < -0.39 is 0 Å². The Hall–Kier alpha value is -1.87. The molecule has 1 aromatic heterocycles. The van der Waals surface area contributed by atoms with Gasteiger partial charge in [-0.25, -0.2) is 0 Å². The number of nitrogens with two attached hydrogens (primary N) is 1. The van der Waals surface area contributed by atoms with Crippen LogP contribution in [0.3, 0.4) is 0 Å². The Bertz CT molecular complexity index is 486. The summed E-state index contributed by atoms with van der Waals surface area (Å²) in [4.78, 5) is 4.19. The fourth-order valence-corrected chi connectivity index (χ4v) is 1.72. The maximum Gasteiger partial charge on any atom is 0.145 e. The molecule has 1 aromatic carbocycles. The summed E-state index contributed by atoms with van der Waals surface area (Å²) in [5.74, 6) is 1.57. The Balaban J connectivity index is 2.19. The third-order valence-corrected chi connectivity index (χ3v) is 2.44. The number of rotatable bonds is 3. The van der Waals surface area contributed by atoms with Gasteiger partial charge in [-0.15, -0.1) is 0 Å². The lowest BCUT2D eigenvalue weighted by molar-refractivity contribution is 0.479. The number of benzene rings is 1. The first-order valence-electron chi connectivity index (χ1n) is 5.58. The highest BCUT2D eigenvalue weighted by Crippen LogP contribution is 2.23. The zero-order valence-corrected chi connectivity index (χ0v) is 10.1. The van der Waals surface area contributed by atoms with Crippen molar-refractivity contribution in [3.63, 3.8) is 0 Å². The molecular weight excluding hydrogens is 212 g/mol. The van der Waals surface area contributed by atoms with Gasteiger partial charge in [0.2, 0.25) is 0 Å². The minimum atomic E-state index is 0.448. The monoisotopic (exact) mass is 228 g/mol. The van der Waals surface area contributed by atoms with Gasteiger partial charge in [-0.3, -0.25) is 4.98 Å². The first-order chi connectivity index (χ1) is 8.17. The SMILES string of the molecule is Cc1cc(C)cc(Oc2ccc(CN)nc2)c1. The molecule has 0 spiro atoms. The number of aryl methyl sites for hydroxylation is 2. The van der Waals surface area contributed by atoms with E-state index in [0.29, 0.717) is 6.54 Å². The van der Waals surface area contributed by atoms with Crippen LogP contribution in [0.25, 0.3) is 0 Å². The number of hydrogen-bond acceptors (Lipinski definition) is 3. The van der Waals surface area contributed by atoms with Crippen LogP contribution in [0.15, 0.2) is 36.5 Å². The van der Waals surface area contributed by atoms with E-state index in [-0.39, 0.29) is 0 Å². The molecule has 0 saturated heterocycles. The van der Waals surface area contributed by atoms with Crippen molar-refractivity contribution in [2.45, 2.75) is 20.4 Å². The van der Waals surface area contributed by atoms with Crippen LogP contribution in [-0.2, 0) is 6.54 Å². The van der Waals surface area contributed by atoms with Crippen LogP contribution in [0.4, 0.5) is 0 Å². The lowest BCUT2D eigenvalue weighted by Crippen LogP contribution is -1.98. The van der Waals surface area contributed by atoms with Crippen LogP contribution >= 0.6 is 0 Å². The maximum atomic E-state index is 5.74. The molecule has 0 fully saturated rings. The largest absolute Gasteiger partial charge is 0.456 e. The molecule has 3 heteroatoms. The highest BCUT2D eigenvalue weighted by Gasteiger charge is 2.00. The van der Waals surface area contributed by atoms with Crippen molar-refractivity contribution >= 4 is 0 Å². The molecule has 0 saturated carbocycles. The van der Waals surface area contributed by atoms with Crippen LogP contribution in [0.1, 0.15) is 16.8 Å². The van der Waals surface area contributed by atoms with Crippen molar-refractivity contribution in [3.8, 4) is 11.5 Å². The van der Waals surface area contributed by atoms with E-state index in [1.165, 1.54) is 11.1 Å². The van der Waals surface area contributed by atoms with Crippen LogP contribution in [-0.4, -0.2) is 4.98 Å². The minimum absolute atomic E-state index is 0.448. The Morgan fingerprint density at radius 2 is 1.76 bits per heavy atom. The number of pyridine rings is 1. The molecular formula is C14H16N2O. The first-order valence-corrected chi connectivity index (χ1v) is 5.58. The molecule has 0 aliphatic rings. The van der Waals surface area contributed by atoms with E-state index in [9.17, 15) is 0 Å². The highest BCUT2D eigenvalue weighted by atomic mass is 16.5. The first kappa shape index (κ1) is 11.6. The van der Waals surface area contributed by atoms with E-state index in [2.05, 4.69) is 24.9 Å². The second-order valence-electron chi connectivity index (χ2n) is 4.11. The topological polar surface area (TPSA) is 48.1 Å². The Morgan fingerprint density at radius 3 is 2.29 bits per heavy atom. The van der Waals surface area contributed by atoms with Gasteiger partial charge in [0.1, 0.15) is 11.5 Å². The van der Waals surface area contributed by atoms with Gasteiger partial charge in [0.15, 0.2) is 0 Å². The van der Waals surface area contributed by atoms with E-state index in [1.807, 2.05) is 24.3 Å². The average Bonchev–Trinajstić information content (AvgIpc) is 2.28. The van der Waals surface area contributed by atoms with E-state index >= 15 is 0 Å². The maximum absolute atomic E-state index is 5.74. The molecule has 2 N–H and O–H groups in total. The van der Waals surface area contributed by atoms with Gasteiger partial charge in [-0.2, -0.15) is 0 Å². The van der Waals surface area contributed by atoms with Crippen molar-refractivity contribution in [1.29, 1.82) is 0 Å². The molecule has 0 radical (unpaired) electrons. The van der Waals surface area contributed by atoms with Gasteiger partial charge in [-0.05, 0) is 49.2 Å². The second-order valence-corrected chi connectivity index (χ2v) is 4.11. The molecule has 0 unspecified atom stereocenters.